The first kappa shape index (κ1) is 33.5. The van der Waals surface area contributed by atoms with E-state index in [4.69, 9.17) is 0 Å². The molecule has 0 aliphatic carbocycles. The monoisotopic (exact) mass is 712 g/mol. The maximum Gasteiger partial charge on any atom is -0.00926 e. The van der Waals surface area contributed by atoms with Crippen molar-refractivity contribution in [2.75, 3.05) is 0 Å². The minimum atomic E-state index is 1.21. The molecule has 0 unspecified atom stereocenters. The zero-order valence-corrected chi connectivity index (χ0v) is 31.6. The Labute approximate surface area is 329 Å². The Morgan fingerprint density at radius 1 is 0.196 bits per heavy atom. The maximum atomic E-state index is 2.41. The van der Waals surface area contributed by atoms with Crippen LogP contribution in [0.1, 0.15) is 11.1 Å². The van der Waals surface area contributed by atoms with Crippen LogP contribution in [-0.2, 0) is 0 Å². The normalized spacial score (nSPS) is 11.4. The highest BCUT2D eigenvalue weighted by Gasteiger charge is 2.13. The Kier molecular flexibility index (Phi) is 8.38. The molecule has 0 atom stereocenters. The molecule has 0 heterocycles. The van der Waals surface area contributed by atoms with Gasteiger partial charge in [-0.3, -0.25) is 0 Å². The second-order valence-electron chi connectivity index (χ2n) is 15.0. The van der Waals surface area contributed by atoms with Gasteiger partial charge in [0.05, 0.1) is 0 Å². The summed E-state index contributed by atoms with van der Waals surface area (Å²) in [5, 5.41) is 7.66. The van der Waals surface area contributed by atoms with Crippen LogP contribution >= 0.6 is 0 Å². The zero-order chi connectivity index (χ0) is 37.6. The molecule has 0 aliphatic heterocycles. The van der Waals surface area contributed by atoms with Gasteiger partial charge in [-0.25, -0.2) is 0 Å². The van der Waals surface area contributed by atoms with Crippen molar-refractivity contribution in [2.24, 2.45) is 0 Å². The maximum absolute atomic E-state index is 2.41. The van der Waals surface area contributed by atoms with E-state index in [1.165, 1.54) is 110 Å². The highest BCUT2D eigenvalue weighted by atomic mass is 14.2. The third kappa shape index (κ3) is 6.06. The fraction of sp³-hybridized carbons (Fsp3) is 0.0357. The summed E-state index contributed by atoms with van der Waals surface area (Å²) in [6, 6.07) is 75.9. The van der Waals surface area contributed by atoms with Crippen LogP contribution in [0.3, 0.4) is 0 Å². The van der Waals surface area contributed by atoms with Gasteiger partial charge >= 0.3 is 0 Å². The summed E-state index contributed by atoms with van der Waals surface area (Å²) in [7, 11) is 0. The van der Waals surface area contributed by atoms with Gasteiger partial charge in [0.1, 0.15) is 0 Å². The van der Waals surface area contributed by atoms with E-state index in [2.05, 4.69) is 220 Å². The van der Waals surface area contributed by atoms with E-state index in [1.54, 1.807) is 0 Å². The van der Waals surface area contributed by atoms with Gasteiger partial charge in [0.25, 0.3) is 0 Å². The van der Waals surface area contributed by atoms with Crippen molar-refractivity contribution in [3.05, 3.63) is 217 Å². The summed E-state index contributed by atoms with van der Waals surface area (Å²) < 4.78 is 0. The van der Waals surface area contributed by atoms with Crippen molar-refractivity contribution in [3.8, 4) is 66.8 Å². The number of hydrogen-bond donors (Lipinski definition) is 0. The minimum Gasteiger partial charge on any atom is -0.0622 e. The van der Waals surface area contributed by atoms with Crippen molar-refractivity contribution in [1.82, 2.24) is 0 Å². The Bertz CT molecular complexity index is 2870. The predicted octanol–water partition coefficient (Wildman–Crippen LogP) is 15.8. The van der Waals surface area contributed by atoms with Crippen LogP contribution in [0.15, 0.2) is 206 Å². The van der Waals surface area contributed by atoms with Gasteiger partial charge in [0.2, 0.25) is 0 Å². The van der Waals surface area contributed by atoms with Crippen molar-refractivity contribution in [3.63, 3.8) is 0 Å². The molecule has 0 saturated heterocycles. The second-order valence-corrected chi connectivity index (χ2v) is 15.0. The van der Waals surface area contributed by atoms with Gasteiger partial charge in [-0.15, -0.1) is 0 Å². The second kappa shape index (κ2) is 14.0. The highest BCUT2D eigenvalue weighted by molar-refractivity contribution is 6.26. The fourth-order valence-corrected chi connectivity index (χ4v) is 8.53. The van der Waals surface area contributed by atoms with Gasteiger partial charge < -0.3 is 0 Å². The molecule has 0 amide bonds. The van der Waals surface area contributed by atoms with E-state index in [9.17, 15) is 0 Å². The molecule has 0 fully saturated rings. The van der Waals surface area contributed by atoms with E-state index in [-0.39, 0.29) is 0 Å². The number of fused-ring (bicyclic) bond motifs is 6. The Hall–Kier alpha value is -7.02. The number of hydrogen-bond acceptors (Lipinski definition) is 0. The summed E-state index contributed by atoms with van der Waals surface area (Å²) >= 11 is 0. The molecule has 0 nitrogen and oxygen atoms in total. The molecular formula is C56H40. The summed E-state index contributed by atoms with van der Waals surface area (Å²) in [6.45, 7) is 4.39. The van der Waals surface area contributed by atoms with Crippen LogP contribution in [0.2, 0.25) is 0 Å². The highest BCUT2D eigenvalue weighted by Crippen LogP contribution is 2.40. The molecule has 10 aromatic carbocycles. The van der Waals surface area contributed by atoms with E-state index in [0.29, 0.717) is 0 Å². The van der Waals surface area contributed by atoms with Gasteiger partial charge in [-0.2, -0.15) is 0 Å². The summed E-state index contributed by atoms with van der Waals surface area (Å²) in [4.78, 5) is 0. The SMILES string of the molecule is Cc1ccc(-c2cccc(-c3ccc4c5ccccc5c5ccc(-c6cccc(-c7ccc(C)c(-c8ccccc8)c7)c6)cc5c4c3)c2)cc1-c1ccccc1. The molecule has 0 aliphatic rings. The number of benzene rings is 10. The smallest absolute Gasteiger partial charge is 0.00926 e. The molecular weight excluding hydrogens is 673 g/mol. The van der Waals surface area contributed by atoms with Gasteiger partial charge in [-0.1, -0.05) is 170 Å². The lowest BCUT2D eigenvalue weighted by Crippen LogP contribution is -1.88. The standard InChI is InChI=1S/C56H40/c1-37-23-25-45(33-53(37)39-13-5-3-6-14-39)41-17-11-19-43(31-41)47-27-29-51-49-21-9-10-22-50(49)52-30-28-48(36-56(52)55(51)35-47)44-20-12-18-42(32-44)46-26-24-38(2)54(34-46)40-15-7-4-8-16-40/h3-36H,1-2H3. The minimum absolute atomic E-state index is 1.21. The molecule has 10 aromatic rings. The molecule has 0 heteroatoms. The molecule has 264 valence electrons. The predicted molar refractivity (Wildman–Crippen MR) is 241 cm³/mol. The molecule has 0 radical (unpaired) electrons. The van der Waals surface area contributed by atoms with Crippen molar-refractivity contribution in [2.45, 2.75) is 13.8 Å². The fourth-order valence-electron chi connectivity index (χ4n) is 8.53. The quantitative estimate of drug-likeness (QED) is 0.151. The van der Waals surface area contributed by atoms with Crippen LogP contribution in [0.25, 0.3) is 99.1 Å². The van der Waals surface area contributed by atoms with Crippen molar-refractivity contribution >= 4 is 32.3 Å². The lowest BCUT2D eigenvalue weighted by atomic mass is 9.89. The molecule has 0 saturated carbocycles. The lowest BCUT2D eigenvalue weighted by molar-refractivity contribution is 1.45. The van der Waals surface area contributed by atoms with Gasteiger partial charge in [0.15, 0.2) is 0 Å². The molecule has 56 heavy (non-hydrogen) atoms. The van der Waals surface area contributed by atoms with E-state index in [1.807, 2.05) is 0 Å². The van der Waals surface area contributed by atoms with E-state index < -0.39 is 0 Å². The largest absolute Gasteiger partial charge is 0.0622 e. The first-order valence-corrected chi connectivity index (χ1v) is 19.5. The van der Waals surface area contributed by atoms with Crippen LogP contribution in [-0.4, -0.2) is 0 Å². The third-order valence-electron chi connectivity index (χ3n) is 11.5. The van der Waals surface area contributed by atoms with Crippen molar-refractivity contribution < 1.29 is 0 Å². The third-order valence-corrected chi connectivity index (χ3v) is 11.5. The molecule has 0 spiro atoms. The van der Waals surface area contributed by atoms with Gasteiger partial charge in [-0.05, 0) is 160 Å². The molecule has 0 aromatic heterocycles. The average molecular weight is 713 g/mol. The summed E-state index contributed by atoms with van der Waals surface area (Å²) in [5.41, 5.74) is 17.3. The summed E-state index contributed by atoms with van der Waals surface area (Å²) in [5.74, 6) is 0. The first-order chi connectivity index (χ1) is 27.6. The Morgan fingerprint density at radius 3 is 0.911 bits per heavy atom. The molecule has 0 bridgehead atoms. The summed E-state index contributed by atoms with van der Waals surface area (Å²) in [6.07, 6.45) is 0. The number of rotatable bonds is 6. The van der Waals surface area contributed by atoms with Crippen LogP contribution < -0.4 is 0 Å². The number of aryl methyl sites for hydroxylation is 2. The topological polar surface area (TPSA) is 0 Å². The van der Waals surface area contributed by atoms with Crippen LogP contribution in [0.4, 0.5) is 0 Å². The average Bonchev–Trinajstić information content (AvgIpc) is 3.27. The van der Waals surface area contributed by atoms with Gasteiger partial charge in [0, 0.05) is 0 Å². The van der Waals surface area contributed by atoms with E-state index >= 15 is 0 Å². The first-order valence-electron chi connectivity index (χ1n) is 19.5. The zero-order valence-electron chi connectivity index (χ0n) is 31.6. The Balaban J connectivity index is 1.08. The Morgan fingerprint density at radius 2 is 0.500 bits per heavy atom. The molecule has 10 rings (SSSR count). The van der Waals surface area contributed by atoms with Crippen LogP contribution in [0, 0.1) is 13.8 Å². The van der Waals surface area contributed by atoms with E-state index in [0.717, 1.165) is 0 Å². The molecule has 0 N–H and O–H groups in total. The lowest BCUT2D eigenvalue weighted by Gasteiger charge is -2.15. The van der Waals surface area contributed by atoms with Crippen LogP contribution in [0.5, 0.6) is 0 Å². The van der Waals surface area contributed by atoms with Crippen molar-refractivity contribution in [1.29, 1.82) is 0 Å².